The van der Waals surface area contributed by atoms with Crippen LogP contribution in [0.3, 0.4) is 0 Å². The molecule has 0 bridgehead atoms. The van der Waals surface area contributed by atoms with E-state index in [0.29, 0.717) is 6.61 Å². The van der Waals surface area contributed by atoms with Crippen molar-refractivity contribution in [1.82, 2.24) is 5.32 Å². The maximum absolute atomic E-state index is 6.39. The Morgan fingerprint density at radius 1 is 1.10 bits per heavy atom. The van der Waals surface area contributed by atoms with Crippen molar-refractivity contribution in [2.24, 2.45) is 0 Å². The van der Waals surface area contributed by atoms with Gasteiger partial charge in [-0.15, -0.1) is 0 Å². The third kappa shape index (κ3) is 5.61. The molecule has 1 aromatic carbocycles. The molecule has 2 rings (SSSR count). The van der Waals surface area contributed by atoms with E-state index in [1.54, 1.807) is 0 Å². The summed E-state index contributed by atoms with van der Waals surface area (Å²) in [6, 6.07) is 7.97. The van der Waals surface area contributed by atoms with Crippen LogP contribution in [0.2, 0.25) is 5.02 Å². The molecule has 1 saturated carbocycles. The van der Waals surface area contributed by atoms with E-state index in [1.165, 1.54) is 24.8 Å². The van der Waals surface area contributed by atoms with Gasteiger partial charge in [0.1, 0.15) is 0 Å². The third-order valence-corrected chi connectivity index (χ3v) is 4.42. The Bertz CT molecular complexity index is 430. The highest BCUT2D eigenvalue weighted by atomic mass is 35.5. The van der Waals surface area contributed by atoms with Crippen molar-refractivity contribution >= 4 is 11.6 Å². The Morgan fingerprint density at radius 3 is 2.29 bits per heavy atom. The summed E-state index contributed by atoms with van der Waals surface area (Å²) in [6.07, 6.45) is 6.19. The highest BCUT2D eigenvalue weighted by Gasteiger charge is 2.33. The Balaban J connectivity index is 1.97. The van der Waals surface area contributed by atoms with Crippen molar-refractivity contribution in [3.05, 3.63) is 34.9 Å². The van der Waals surface area contributed by atoms with Crippen LogP contribution in [-0.4, -0.2) is 17.7 Å². The van der Waals surface area contributed by atoms with E-state index >= 15 is 0 Å². The number of hydrogen-bond donors (Lipinski definition) is 1. The lowest BCUT2D eigenvalue weighted by atomic mass is 9.84. The number of benzene rings is 1. The van der Waals surface area contributed by atoms with Crippen LogP contribution in [0.25, 0.3) is 0 Å². The average Bonchev–Trinajstić information content (AvgIpc) is 2.45. The van der Waals surface area contributed by atoms with Crippen LogP contribution in [0.15, 0.2) is 24.3 Å². The molecule has 3 heteroatoms. The molecule has 0 aromatic heterocycles. The first-order valence-corrected chi connectivity index (χ1v) is 8.40. The van der Waals surface area contributed by atoms with Gasteiger partial charge < -0.3 is 10.1 Å². The topological polar surface area (TPSA) is 21.3 Å². The van der Waals surface area contributed by atoms with Crippen molar-refractivity contribution in [2.45, 2.75) is 70.6 Å². The molecule has 2 nitrogen and oxygen atoms in total. The number of nitrogens with one attached hydrogen (secondary N) is 1. The number of halogens is 1. The normalized spacial score (nSPS) is 18.7. The molecule has 0 unspecified atom stereocenters. The zero-order valence-electron chi connectivity index (χ0n) is 13.5. The summed E-state index contributed by atoms with van der Waals surface area (Å²) in [4.78, 5) is 0. The van der Waals surface area contributed by atoms with Crippen LogP contribution >= 0.6 is 11.6 Å². The predicted molar refractivity (Wildman–Crippen MR) is 89.8 cm³/mol. The fraction of sp³-hybridized carbons (Fsp3) is 0.667. The summed E-state index contributed by atoms with van der Waals surface area (Å²) in [5, 5.41) is 4.41. The molecule has 1 fully saturated rings. The molecule has 1 aromatic rings. The first kappa shape index (κ1) is 16.8. The van der Waals surface area contributed by atoms with Gasteiger partial charge >= 0.3 is 0 Å². The van der Waals surface area contributed by atoms with Crippen LogP contribution in [0.4, 0.5) is 0 Å². The molecule has 0 heterocycles. The second-order valence-electron chi connectivity index (χ2n) is 7.26. The lowest BCUT2D eigenvalue weighted by molar-refractivity contribution is -0.0812. The van der Waals surface area contributed by atoms with E-state index in [-0.39, 0.29) is 11.1 Å². The van der Waals surface area contributed by atoms with Crippen LogP contribution in [-0.2, 0) is 11.3 Å². The molecular formula is C18H28ClNO. The van der Waals surface area contributed by atoms with Gasteiger partial charge in [0.15, 0.2) is 0 Å². The molecule has 0 saturated heterocycles. The van der Waals surface area contributed by atoms with Gasteiger partial charge in [-0.3, -0.25) is 0 Å². The molecule has 1 aliphatic carbocycles. The summed E-state index contributed by atoms with van der Waals surface area (Å²) < 4.78 is 6.39. The minimum atomic E-state index is -0.00876. The third-order valence-electron chi connectivity index (χ3n) is 4.16. The van der Waals surface area contributed by atoms with Gasteiger partial charge in [0.2, 0.25) is 0 Å². The standard InChI is InChI=1S/C18H28ClNO/c1-17(2,3)20-14-18(11-5-4-6-12-18)21-13-15-7-9-16(19)10-8-15/h7-10,20H,4-6,11-14H2,1-3H3. The van der Waals surface area contributed by atoms with E-state index in [4.69, 9.17) is 16.3 Å². The van der Waals surface area contributed by atoms with Gasteiger partial charge in [-0.2, -0.15) is 0 Å². The van der Waals surface area contributed by atoms with Gasteiger partial charge in [0.05, 0.1) is 12.2 Å². The highest BCUT2D eigenvalue weighted by molar-refractivity contribution is 6.30. The number of ether oxygens (including phenoxy) is 1. The summed E-state index contributed by atoms with van der Waals surface area (Å²) in [7, 11) is 0. The van der Waals surface area contributed by atoms with Crippen molar-refractivity contribution < 1.29 is 4.74 Å². The molecule has 0 amide bonds. The largest absolute Gasteiger partial charge is 0.369 e. The molecule has 1 N–H and O–H groups in total. The smallest absolute Gasteiger partial charge is 0.0811 e. The zero-order chi connectivity index (χ0) is 15.3. The van der Waals surface area contributed by atoms with E-state index < -0.39 is 0 Å². The predicted octanol–water partition coefficient (Wildman–Crippen LogP) is 4.95. The molecule has 1 aliphatic rings. The SMILES string of the molecule is CC(C)(C)NCC1(OCc2ccc(Cl)cc2)CCCCC1. The first-order chi connectivity index (χ1) is 9.89. The van der Waals surface area contributed by atoms with Gasteiger partial charge in [-0.25, -0.2) is 0 Å². The lowest BCUT2D eigenvalue weighted by Crippen LogP contribution is -2.50. The van der Waals surface area contributed by atoms with Gasteiger partial charge in [0.25, 0.3) is 0 Å². The van der Waals surface area contributed by atoms with E-state index in [1.807, 2.05) is 12.1 Å². The van der Waals surface area contributed by atoms with Crippen molar-refractivity contribution in [2.75, 3.05) is 6.54 Å². The fourth-order valence-electron chi connectivity index (χ4n) is 2.81. The zero-order valence-corrected chi connectivity index (χ0v) is 14.3. The first-order valence-electron chi connectivity index (χ1n) is 8.02. The van der Waals surface area contributed by atoms with Crippen LogP contribution < -0.4 is 5.32 Å². The van der Waals surface area contributed by atoms with Crippen LogP contribution in [0.5, 0.6) is 0 Å². The van der Waals surface area contributed by atoms with Gasteiger partial charge in [-0.1, -0.05) is 43.0 Å². The Labute approximate surface area is 134 Å². The Morgan fingerprint density at radius 2 is 1.71 bits per heavy atom. The molecule has 21 heavy (non-hydrogen) atoms. The van der Waals surface area contributed by atoms with Crippen molar-refractivity contribution in [1.29, 1.82) is 0 Å². The quantitative estimate of drug-likeness (QED) is 0.831. The average molecular weight is 310 g/mol. The van der Waals surface area contributed by atoms with Crippen molar-refractivity contribution in [3.8, 4) is 0 Å². The number of hydrogen-bond acceptors (Lipinski definition) is 2. The Kier molecular flexibility index (Phi) is 5.70. The molecule has 118 valence electrons. The second kappa shape index (κ2) is 7.13. The maximum Gasteiger partial charge on any atom is 0.0811 e. The highest BCUT2D eigenvalue weighted by Crippen LogP contribution is 2.32. The maximum atomic E-state index is 6.39. The summed E-state index contributed by atoms with van der Waals surface area (Å²) >= 11 is 5.94. The van der Waals surface area contributed by atoms with Gasteiger partial charge in [-0.05, 0) is 51.3 Å². The van der Waals surface area contributed by atoms with Crippen molar-refractivity contribution in [3.63, 3.8) is 0 Å². The minimum Gasteiger partial charge on any atom is -0.369 e. The monoisotopic (exact) mass is 309 g/mol. The van der Waals surface area contributed by atoms with Crippen LogP contribution in [0, 0.1) is 0 Å². The fourth-order valence-corrected chi connectivity index (χ4v) is 2.94. The molecule has 0 aliphatic heterocycles. The summed E-state index contributed by atoms with van der Waals surface area (Å²) in [5.74, 6) is 0. The Hall–Kier alpha value is -0.570. The minimum absolute atomic E-state index is 0.00876. The van der Waals surface area contributed by atoms with Crippen LogP contribution in [0.1, 0.15) is 58.4 Å². The summed E-state index contributed by atoms with van der Waals surface area (Å²) in [6.45, 7) is 8.24. The molecule has 0 atom stereocenters. The lowest BCUT2D eigenvalue weighted by Gasteiger charge is -2.39. The molecular weight excluding hydrogens is 282 g/mol. The molecule has 0 spiro atoms. The van der Waals surface area contributed by atoms with E-state index in [9.17, 15) is 0 Å². The second-order valence-corrected chi connectivity index (χ2v) is 7.70. The van der Waals surface area contributed by atoms with Gasteiger partial charge in [0, 0.05) is 17.1 Å². The summed E-state index contributed by atoms with van der Waals surface area (Å²) in [5.41, 5.74) is 1.32. The van der Waals surface area contributed by atoms with E-state index in [0.717, 1.165) is 24.4 Å². The van der Waals surface area contributed by atoms with E-state index in [2.05, 4.69) is 38.2 Å². The number of rotatable bonds is 5. The molecule has 0 radical (unpaired) electrons.